The first-order valence-corrected chi connectivity index (χ1v) is 11.9. The van der Waals surface area contributed by atoms with Crippen LogP contribution in [-0.4, -0.2) is 35.7 Å². The second-order valence-electron chi connectivity index (χ2n) is 8.41. The highest BCUT2D eigenvalue weighted by Gasteiger charge is 2.35. The van der Waals surface area contributed by atoms with Crippen molar-refractivity contribution in [2.75, 3.05) is 7.11 Å². The molecular weight excluding hydrogens is 456 g/mol. The first-order chi connectivity index (χ1) is 16.4. The van der Waals surface area contributed by atoms with Gasteiger partial charge >= 0.3 is 0 Å². The summed E-state index contributed by atoms with van der Waals surface area (Å²) in [7, 11) is 1.57. The number of carbonyl (C=O) groups excluding carboxylic acids is 1. The number of aliphatic imine (C=N–C) groups is 1. The second kappa shape index (κ2) is 9.18. The van der Waals surface area contributed by atoms with Gasteiger partial charge in [0.05, 0.1) is 24.2 Å². The maximum Gasteiger partial charge on any atom is 0.251 e. The number of fused-ring (bicyclic) bond motifs is 2. The number of nitrogens with one attached hydrogen (secondary N) is 1. The Kier molecular flexibility index (Phi) is 6.08. The van der Waals surface area contributed by atoms with E-state index in [9.17, 15) is 13.6 Å². The maximum absolute atomic E-state index is 13.5. The van der Waals surface area contributed by atoms with Crippen LogP contribution in [0.1, 0.15) is 47.3 Å². The third-order valence-electron chi connectivity index (χ3n) is 6.04. The average Bonchev–Trinajstić information content (AvgIpc) is 3.01. The number of pyridine rings is 1. The van der Waals surface area contributed by atoms with Crippen LogP contribution in [0.5, 0.6) is 5.88 Å². The van der Waals surface area contributed by atoms with Crippen LogP contribution < -0.4 is 10.1 Å². The summed E-state index contributed by atoms with van der Waals surface area (Å²) >= 11 is 1.58. The van der Waals surface area contributed by atoms with Gasteiger partial charge in [-0.2, -0.15) is 0 Å². The van der Waals surface area contributed by atoms with Crippen LogP contribution >= 0.6 is 11.8 Å². The van der Waals surface area contributed by atoms with Gasteiger partial charge in [-0.25, -0.2) is 18.8 Å². The van der Waals surface area contributed by atoms with E-state index in [0.717, 1.165) is 15.4 Å². The van der Waals surface area contributed by atoms with Gasteiger partial charge in [0.2, 0.25) is 11.8 Å². The molecule has 1 aliphatic heterocycles. The molecule has 2 heterocycles. The minimum absolute atomic E-state index is 0.196. The van der Waals surface area contributed by atoms with Crippen LogP contribution in [0.3, 0.4) is 0 Å². The van der Waals surface area contributed by atoms with Gasteiger partial charge < -0.3 is 10.1 Å². The number of hydrogen-bond donors (Lipinski definition) is 1. The molecule has 1 saturated carbocycles. The molecule has 2 aromatic carbocycles. The Hall–Kier alpha value is -3.26. The number of ether oxygens (including phenoxy) is 1. The third kappa shape index (κ3) is 4.68. The summed E-state index contributed by atoms with van der Waals surface area (Å²) in [4.78, 5) is 24.4. The zero-order valence-electron chi connectivity index (χ0n) is 18.6. The normalized spacial score (nSPS) is 17.1. The molecule has 0 unspecified atom stereocenters. The molecule has 34 heavy (non-hydrogen) atoms. The molecule has 1 aromatic heterocycles. The Morgan fingerprint density at radius 3 is 2.65 bits per heavy atom. The Balaban J connectivity index is 1.49. The van der Waals surface area contributed by atoms with Crippen LogP contribution in [0, 0.1) is 0 Å². The molecule has 0 radical (unpaired) electrons. The van der Waals surface area contributed by atoms with E-state index < -0.39 is 5.92 Å². The lowest BCUT2D eigenvalue weighted by molar-refractivity contribution is -0.0399. The molecular formula is C26H23F2N3O2S. The fraction of sp³-hybridized carbons (Fsp3) is 0.269. The van der Waals surface area contributed by atoms with Gasteiger partial charge in [-0.1, -0.05) is 36.0 Å². The molecule has 5 rings (SSSR count). The van der Waals surface area contributed by atoms with Crippen LogP contribution in [0.4, 0.5) is 14.5 Å². The molecule has 1 aliphatic carbocycles. The molecule has 0 bridgehead atoms. The SMILES string of the molecule is COc1cccc(C2=Nc3cc(C(=O)NC4CCC(F)(F)CC4)ccc3Sc3ccccc32)n1. The number of benzene rings is 2. The molecule has 0 spiro atoms. The van der Waals surface area contributed by atoms with E-state index in [0.29, 0.717) is 28.5 Å². The first kappa shape index (κ1) is 22.5. The molecule has 2 aliphatic rings. The lowest BCUT2D eigenvalue weighted by Gasteiger charge is -2.28. The molecule has 8 heteroatoms. The van der Waals surface area contributed by atoms with Gasteiger partial charge in [-0.3, -0.25) is 4.79 Å². The van der Waals surface area contributed by atoms with Crippen molar-refractivity contribution in [1.82, 2.24) is 10.3 Å². The number of aromatic nitrogens is 1. The number of amides is 1. The fourth-order valence-electron chi connectivity index (χ4n) is 4.19. The van der Waals surface area contributed by atoms with Crippen LogP contribution in [-0.2, 0) is 0 Å². The van der Waals surface area contributed by atoms with Crippen LogP contribution in [0.25, 0.3) is 0 Å². The molecule has 1 N–H and O–H groups in total. The number of rotatable bonds is 4. The van der Waals surface area contributed by atoms with Crippen molar-refractivity contribution >= 4 is 29.1 Å². The largest absolute Gasteiger partial charge is 0.481 e. The van der Waals surface area contributed by atoms with Gasteiger partial charge in [0.25, 0.3) is 5.91 Å². The summed E-state index contributed by atoms with van der Waals surface area (Å²) in [5.74, 6) is -2.42. The number of alkyl halides is 2. The fourth-order valence-corrected chi connectivity index (χ4v) is 5.19. The van der Waals surface area contributed by atoms with Gasteiger partial charge in [0, 0.05) is 45.9 Å². The lowest BCUT2D eigenvalue weighted by atomic mass is 9.92. The molecule has 174 valence electrons. The number of halogens is 2. The van der Waals surface area contributed by atoms with Crippen molar-refractivity contribution in [3.05, 3.63) is 77.5 Å². The zero-order valence-corrected chi connectivity index (χ0v) is 19.4. The zero-order chi connectivity index (χ0) is 23.7. The predicted molar refractivity (Wildman–Crippen MR) is 128 cm³/mol. The molecule has 1 amide bonds. The predicted octanol–water partition coefficient (Wildman–Crippen LogP) is 6.03. The highest BCUT2D eigenvalue weighted by atomic mass is 32.2. The van der Waals surface area contributed by atoms with E-state index in [2.05, 4.69) is 10.3 Å². The smallest absolute Gasteiger partial charge is 0.251 e. The number of methoxy groups -OCH3 is 1. The summed E-state index contributed by atoms with van der Waals surface area (Å²) in [6, 6.07) is 18.6. The van der Waals surface area contributed by atoms with E-state index in [1.165, 1.54) is 0 Å². The summed E-state index contributed by atoms with van der Waals surface area (Å²) in [6.45, 7) is 0. The summed E-state index contributed by atoms with van der Waals surface area (Å²) in [6.07, 6.45) is 0.160. The minimum Gasteiger partial charge on any atom is -0.481 e. The molecule has 5 nitrogen and oxygen atoms in total. The van der Waals surface area contributed by atoms with E-state index in [1.807, 2.05) is 42.5 Å². The van der Waals surface area contributed by atoms with Crippen molar-refractivity contribution in [2.45, 2.75) is 47.4 Å². The van der Waals surface area contributed by atoms with E-state index in [4.69, 9.17) is 9.73 Å². The van der Waals surface area contributed by atoms with E-state index in [-0.39, 0.29) is 37.6 Å². The summed E-state index contributed by atoms with van der Waals surface area (Å²) in [5, 5.41) is 2.91. The van der Waals surface area contributed by atoms with Crippen LogP contribution in [0.2, 0.25) is 0 Å². The highest BCUT2D eigenvalue weighted by Crippen LogP contribution is 2.41. The summed E-state index contributed by atoms with van der Waals surface area (Å²) in [5.41, 5.74) is 3.40. The Morgan fingerprint density at radius 1 is 1.06 bits per heavy atom. The Bertz CT molecular complexity index is 1270. The number of hydrogen-bond acceptors (Lipinski definition) is 5. The standard InChI is InChI=1S/C26H23F2N3O2S/c1-33-23-8-4-6-19(30-23)24-18-5-2-3-7-21(18)34-22-10-9-16(15-20(22)31-24)25(32)29-17-11-13-26(27,28)14-12-17/h2-10,15,17H,11-14H2,1H3,(H,29,32). The van der Waals surface area contributed by atoms with E-state index in [1.54, 1.807) is 37.1 Å². The molecule has 1 fully saturated rings. The van der Waals surface area contributed by atoms with Gasteiger partial charge in [-0.05, 0) is 43.2 Å². The van der Waals surface area contributed by atoms with Crippen LogP contribution in [0.15, 0.2) is 75.4 Å². The quantitative estimate of drug-likeness (QED) is 0.388. The number of carbonyl (C=O) groups is 1. The van der Waals surface area contributed by atoms with Crippen molar-refractivity contribution in [2.24, 2.45) is 4.99 Å². The van der Waals surface area contributed by atoms with Crippen molar-refractivity contribution < 1.29 is 18.3 Å². The highest BCUT2D eigenvalue weighted by molar-refractivity contribution is 7.99. The Morgan fingerprint density at radius 2 is 1.85 bits per heavy atom. The van der Waals surface area contributed by atoms with E-state index >= 15 is 0 Å². The Labute approximate surface area is 200 Å². The van der Waals surface area contributed by atoms with Crippen molar-refractivity contribution in [1.29, 1.82) is 0 Å². The second-order valence-corrected chi connectivity index (χ2v) is 9.49. The average molecular weight is 480 g/mol. The minimum atomic E-state index is -2.63. The van der Waals surface area contributed by atoms with Gasteiger partial charge in [0.15, 0.2) is 0 Å². The van der Waals surface area contributed by atoms with Crippen molar-refractivity contribution in [3.8, 4) is 5.88 Å². The monoisotopic (exact) mass is 479 g/mol. The van der Waals surface area contributed by atoms with Crippen molar-refractivity contribution in [3.63, 3.8) is 0 Å². The lowest BCUT2D eigenvalue weighted by Crippen LogP contribution is -2.40. The molecule has 0 atom stereocenters. The summed E-state index contributed by atoms with van der Waals surface area (Å²) < 4.78 is 32.2. The first-order valence-electron chi connectivity index (χ1n) is 11.1. The topological polar surface area (TPSA) is 63.6 Å². The number of nitrogens with zero attached hydrogens (tertiary/aromatic N) is 2. The van der Waals surface area contributed by atoms with Gasteiger partial charge in [0.1, 0.15) is 0 Å². The van der Waals surface area contributed by atoms with Gasteiger partial charge in [-0.15, -0.1) is 0 Å². The third-order valence-corrected chi connectivity index (χ3v) is 7.18. The maximum atomic E-state index is 13.5. The molecule has 3 aromatic rings. The molecule has 0 saturated heterocycles.